The molecule has 10 heteroatoms. The average Bonchev–Trinajstić information content (AvgIpc) is 2.52. The van der Waals surface area contributed by atoms with E-state index < -0.39 is 61.0 Å². The van der Waals surface area contributed by atoms with E-state index in [9.17, 15) is 40.5 Å². The molecule has 1 fully saturated rings. The lowest BCUT2D eigenvalue weighted by Crippen LogP contribution is -2.63. The smallest absolute Gasteiger partial charge is 0.151 e. The number of rotatable bonds is 6. The number of hydrogen-bond donors (Lipinski definition) is 8. The number of aliphatic hydroxyl groups is 8. The molecule has 0 aromatic carbocycles. The lowest BCUT2D eigenvalue weighted by molar-refractivity contribution is -0.255. The molecule has 10 nitrogen and oxygen atoms in total. The van der Waals surface area contributed by atoms with Crippen LogP contribution in [-0.2, 0) is 9.53 Å². The Morgan fingerprint density at radius 3 is 1.91 bits per heavy atom. The maximum Gasteiger partial charge on any atom is 0.151 e. The van der Waals surface area contributed by atoms with Crippen LogP contribution < -0.4 is 0 Å². The molecule has 1 rings (SSSR count). The highest BCUT2D eigenvalue weighted by molar-refractivity contribution is 5.56. The van der Waals surface area contributed by atoms with Crippen LogP contribution in [-0.4, -0.2) is 108 Å². The minimum Gasteiger partial charge on any atom is -0.388 e. The predicted molar refractivity (Wildman–Crippen MR) is 68.5 cm³/mol. The summed E-state index contributed by atoms with van der Waals surface area (Å²) in [6, 6.07) is 0. The highest BCUT2D eigenvalue weighted by Crippen LogP contribution is 2.25. The van der Waals surface area contributed by atoms with Crippen molar-refractivity contribution in [3.05, 3.63) is 0 Å². The summed E-state index contributed by atoms with van der Waals surface area (Å²) >= 11 is 0. The maximum absolute atomic E-state index is 10.3. The Balaban J connectivity index is 2.81. The molecule has 0 bridgehead atoms. The number of aldehydes is 1. The van der Waals surface area contributed by atoms with E-state index >= 15 is 0 Å². The van der Waals surface area contributed by atoms with Crippen molar-refractivity contribution in [3.63, 3.8) is 0 Å². The molecule has 0 spiro atoms. The lowest BCUT2D eigenvalue weighted by atomic mass is 9.88. The molecule has 1 aliphatic rings. The SMILES string of the molecule is C[C@@H]1OC(C(O)[C@@H](O)[C@H](O)[C@H](O)[C@@H](O)C=O)[C@H](O)[C@H](O)[C@H]1O. The molecule has 22 heavy (non-hydrogen) atoms. The van der Waals surface area contributed by atoms with Crippen molar-refractivity contribution >= 4 is 6.29 Å². The zero-order valence-electron chi connectivity index (χ0n) is 11.7. The summed E-state index contributed by atoms with van der Waals surface area (Å²) in [5, 5.41) is 76.8. The van der Waals surface area contributed by atoms with Gasteiger partial charge in [0.25, 0.3) is 0 Å². The van der Waals surface area contributed by atoms with Gasteiger partial charge in [-0.05, 0) is 6.92 Å². The standard InChI is InChI=1S/C12H22O10/c1-3-5(15)7(17)10(20)12(22-3)11(21)9(19)8(18)6(16)4(14)2-13/h2-12,14-21H,1H3/t3-,4-,5-,6+,7+,8+,9-,10+,11?,12?/m0/s1. The van der Waals surface area contributed by atoms with Gasteiger partial charge in [0.15, 0.2) is 6.29 Å². The summed E-state index contributed by atoms with van der Waals surface area (Å²) in [6.45, 7) is 1.35. The second-order valence-corrected chi connectivity index (χ2v) is 5.37. The third kappa shape index (κ3) is 3.79. The van der Waals surface area contributed by atoms with Gasteiger partial charge in [-0.3, -0.25) is 0 Å². The Labute approximate surface area is 125 Å². The highest BCUT2D eigenvalue weighted by Gasteiger charge is 2.48. The molecular weight excluding hydrogens is 304 g/mol. The molecule has 8 N–H and O–H groups in total. The number of hydrogen-bond acceptors (Lipinski definition) is 10. The van der Waals surface area contributed by atoms with Gasteiger partial charge in [0.05, 0.1) is 6.10 Å². The summed E-state index contributed by atoms with van der Waals surface area (Å²) in [5.74, 6) is 0. The Kier molecular flexibility index (Phi) is 6.80. The van der Waals surface area contributed by atoms with E-state index in [0.717, 1.165) is 0 Å². The van der Waals surface area contributed by atoms with Crippen LogP contribution in [0.5, 0.6) is 0 Å². The summed E-state index contributed by atoms with van der Waals surface area (Å²) in [6.07, 6.45) is -17.7. The monoisotopic (exact) mass is 326 g/mol. The maximum atomic E-state index is 10.3. The van der Waals surface area contributed by atoms with E-state index in [2.05, 4.69) is 0 Å². The highest BCUT2D eigenvalue weighted by atomic mass is 16.5. The molecule has 1 heterocycles. The van der Waals surface area contributed by atoms with Gasteiger partial charge in [-0.2, -0.15) is 0 Å². The summed E-state index contributed by atoms with van der Waals surface area (Å²) in [7, 11) is 0. The second-order valence-electron chi connectivity index (χ2n) is 5.37. The molecule has 130 valence electrons. The Bertz CT molecular complexity index is 366. The summed E-state index contributed by atoms with van der Waals surface area (Å²) in [4.78, 5) is 10.3. The van der Waals surface area contributed by atoms with Crippen molar-refractivity contribution in [2.24, 2.45) is 0 Å². The Hall–Kier alpha value is -0.690. The molecule has 2 unspecified atom stereocenters. The van der Waals surface area contributed by atoms with Crippen molar-refractivity contribution < 1.29 is 50.4 Å². The van der Waals surface area contributed by atoms with Crippen LogP contribution in [0.25, 0.3) is 0 Å². The van der Waals surface area contributed by atoms with Crippen LogP contribution in [0.4, 0.5) is 0 Å². The fourth-order valence-corrected chi connectivity index (χ4v) is 2.25. The third-order valence-corrected chi connectivity index (χ3v) is 3.76. The first kappa shape index (κ1) is 19.4. The van der Waals surface area contributed by atoms with E-state index in [4.69, 9.17) is 9.84 Å². The molecular formula is C12H22O10. The molecule has 1 aliphatic heterocycles. The van der Waals surface area contributed by atoms with Crippen molar-refractivity contribution in [1.29, 1.82) is 0 Å². The molecule has 0 aromatic heterocycles. The van der Waals surface area contributed by atoms with Gasteiger partial charge in [0.1, 0.15) is 54.9 Å². The van der Waals surface area contributed by atoms with Gasteiger partial charge < -0.3 is 50.4 Å². The third-order valence-electron chi connectivity index (χ3n) is 3.76. The first-order valence-electron chi connectivity index (χ1n) is 6.68. The zero-order valence-corrected chi connectivity index (χ0v) is 11.7. The number of carbonyl (C=O) groups is 1. The molecule has 0 amide bonds. The molecule has 1 saturated heterocycles. The average molecular weight is 326 g/mol. The first-order chi connectivity index (χ1) is 10.1. The second kappa shape index (κ2) is 7.73. The normalized spacial score (nSPS) is 39.6. The van der Waals surface area contributed by atoms with Crippen molar-refractivity contribution in [2.75, 3.05) is 0 Å². The zero-order chi connectivity index (χ0) is 17.2. The van der Waals surface area contributed by atoms with Crippen LogP contribution in [0.15, 0.2) is 0 Å². The largest absolute Gasteiger partial charge is 0.388 e. The predicted octanol–water partition coefficient (Wildman–Crippen LogP) is -5.14. The lowest BCUT2D eigenvalue weighted by Gasteiger charge is -2.42. The van der Waals surface area contributed by atoms with E-state index in [-0.39, 0.29) is 6.29 Å². The van der Waals surface area contributed by atoms with Gasteiger partial charge in [-0.25, -0.2) is 0 Å². The van der Waals surface area contributed by atoms with E-state index in [0.29, 0.717) is 0 Å². The number of aliphatic hydroxyl groups excluding tert-OH is 8. The molecule has 10 atom stereocenters. The van der Waals surface area contributed by atoms with E-state index in [1.807, 2.05) is 0 Å². The summed E-state index contributed by atoms with van der Waals surface area (Å²) in [5.41, 5.74) is 0. The molecule has 0 saturated carbocycles. The fraction of sp³-hybridized carbons (Fsp3) is 0.917. The Morgan fingerprint density at radius 1 is 0.864 bits per heavy atom. The molecule has 0 aromatic rings. The first-order valence-corrected chi connectivity index (χ1v) is 6.68. The van der Waals surface area contributed by atoms with Gasteiger partial charge in [0, 0.05) is 0 Å². The van der Waals surface area contributed by atoms with Gasteiger partial charge >= 0.3 is 0 Å². The van der Waals surface area contributed by atoms with Gasteiger partial charge in [0.2, 0.25) is 0 Å². The van der Waals surface area contributed by atoms with Crippen molar-refractivity contribution in [2.45, 2.75) is 68.0 Å². The quantitative estimate of drug-likeness (QED) is 0.219. The van der Waals surface area contributed by atoms with Crippen LogP contribution in [0, 0.1) is 0 Å². The minimum absolute atomic E-state index is 0.0683. The molecule has 0 aliphatic carbocycles. The minimum atomic E-state index is -2.12. The van der Waals surface area contributed by atoms with Crippen molar-refractivity contribution in [3.8, 4) is 0 Å². The van der Waals surface area contributed by atoms with E-state index in [1.54, 1.807) is 0 Å². The van der Waals surface area contributed by atoms with Gasteiger partial charge in [-0.1, -0.05) is 0 Å². The molecule has 0 radical (unpaired) electrons. The van der Waals surface area contributed by atoms with Crippen LogP contribution in [0.2, 0.25) is 0 Å². The van der Waals surface area contributed by atoms with Crippen molar-refractivity contribution in [1.82, 2.24) is 0 Å². The van der Waals surface area contributed by atoms with Gasteiger partial charge in [-0.15, -0.1) is 0 Å². The Morgan fingerprint density at radius 2 is 1.41 bits per heavy atom. The van der Waals surface area contributed by atoms with E-state index in [1.165, 1.54) is 6.92 Å². The van der Waals surface area contributed by atoms with Crippen LogP contribution >= 0.6 is 0 Å². The number of ether oxygens (including phenoxy) is 1. The topological polar surface area (TPSA) is 188 Å². The fourth-order valence-electron chi connectivity index (χ4n) is 2.25. The summed E-state index contributed by atoms with van der Waals surface area (Å²) < 4.78 is 5.09. The van der Waals surface area contributed by atoms with Crippen LogP contribution in [0.1, 0.15) is 6.92 Å². The van der Waals surface area contributed by atoms with Crippen LogP contribution in [0.3, 0.4) is 0 Å². The number of carbonyl (C=O) groups excluding carboxylic acids is 1.